The molecule has 1 saturated heterocycles. The molecule has 0 spiro atoms. The molecule has 0 bridgehead atoms. The second-order valence-electron chi connectivity index (χ2n) is 5.87. The van der Waals surface area contributed by atoms with Gasteiger partial charge in [0.1, 0.15) is 0 Å². The van der Waals surface area contributed by atoms with Gasteiger partial charge in [-0.3, -0.25) is 4.89 Å². The Bertz CT molecular complexity index is 836. The van der Waals surface area contributed by atoms with Crippen molar-refractivity contribution in [1.29, 1.82) is 0 Å². The highest BCUT2D eigenvalue weighted by atomic mass is 35.5. The van der Waals surface area contributed by atoms with Crippen molar-refractivity contribution in [3.8, 4) is 5.75 Å². The summed E-state index contributed by atoms with van der Waals surface area (Å²) < 4.78 is 0. The maximum Gasteiger partial charge on any atom is 0.386 e. The number of benzene rings is 2. The Hall–Kier alpha value is -2.30. The summed E-state index contributed by atoms with van der Waals surface area (Å²) in [6, 6.07) is 13.0. The summed E-state index contributed by atoms with van der Waals surface area (Å²) in [7, 11) is 0. The van der Waals surface area contributed by atoms with Crippen LogP contribution in [0, 0.1) is 0 Å². The molecule has 1 fully saturated rings. The van der Waals surface area contributed by atoms with Crippen LogP contribution >= 0.6 is 11.6 Å². The minimum Gasteiger partial charge on any atom is -0.316 e. The number of carbonyl (C=O) groups is 1. The summed E-state index contributed by atoms with van der Waals surface area (Å²) in [5.74, 6) is 0.0153. The molecular weight excluding hydrogens is 326 g/mol. The summed E-state index contributed by atoms with van der Waals surface area (Å²) in [5.41, 5.74) is 4.57. The Balaban J connectivity index is 2.02. The molecule has 0 radical (unpaired) electrons. The first-order valence-corrected chi connectivity index (χ1v) is 8.33. The lowest BCUT2D eigenvalue weighted by molar-refractivity contribution is -0.150. The summed E-state index contributed by atoms with van der Waals surface area (Å²) in [5, 5.41) is 3.86. The van der Waals surface area contributed by atoms with Gasteiger partial charge in [-0.25, -0.2) is 9.68 Å². The second kappa shape index (κ2) is 6.30. The smallest absolute Gasteiger partial charge is 0.316 e. The van der Waals surface area contributed by atoms with Crippen LogP contribution < -0.4 is 10.2 Å². The van der Waals surface area contributed by atoms with E-state index in [-0.39, 0.29) is 0 Å². The largest absolute Gasteiger partial charge is 0.386 e. The Kier molecular flexibility index (Phi) is 4.00. The van der Waals surface area contributed by atoms with Crippen LogP contribution in [0.3, 0.4) is 0 Å². The first-order valence-electron chi connectivity index (χ1n) is 7.95. The molecule has 2 aliphatic heterocycles. The van der Waals surface area contributed by atoms with Gasteiger partial charge in [-0.1, -0.05) is 41.4 Å². The Morgan fingerprint density at radius 3 is 2.54 bits per heavy atom. The second-order valence-corrected chi connectivity index (χ2v) is 6.31. The van der Waals surface area contributed by atoms with E-state index in [4.69, 9.17) is 21.4 Å². The van der Waals surface area contributed by atoms with Crippen LogP contribution in [0.15, 0.2) is 48.0 Å². The number of piperidine rings is 1. The van der Waals surface area contributed by atoms with Crippen molar-refractivity contribution < 1.29 is 14.6 Å². The average molecular weight is 342 g/mol. The third-order valence-corrected chi connectivity index (χ3v) is 4.63. The number of nitrogens with one attached hydrogen (secondary N) is 1. The molecule has 0 atom stereocenters. The lowest BCUT2D eigenvalue weighted by atomic mass is 9.86. The van der Waals surface area contributed by atoms with Crippen LogP contribution in [0.2, 0.25) is 5.02 Å². The van der Waals surface area contributed by atoms with Gasteiger partial charge in [-0.15, -0.1) is 0 Å². The zero-order valence-corrected chi connectivity index (χ0v) is 13.7. The molecule has 4 rings (SSSR count). The Morgan fingerprint density at radius 1 is 0.917 bits per heavy atom. The molecule has 2 aromatic rings. The molecule has 122 valence electrons. The predicted molar refractivity (Wildman–Crippen MR) is 92.1 cm³/mol. The third kappa shape index (κ3) is 2.68. The Morgan fingerprint density at radius 2 is 1.71 bits per heavy atom. The molecular formula is C19H16ClNO3. The van der Waals surface area contributed by atoms with Crippen molar-refractivity contribution in [2.75, 3.05) is 13.1 Å². The minimum atomic E-state index is -0.533. The summed E-state index contributed by atoms with van der Waals surface area (Å²) in [4.78, 5) is 22.7. The van der Waals surface area contributed by atoms with Crippen molar-refractivity contribution >= 4 is 23.1 Å². The number of fused-ring (bicyclic) bond motifs is 2. The van der Waals surface area contributed by atoms with Crippen LogP contribution in [0.1, 0.15) is 34.3 Å². The first-order chi connectivity index (χ1) is 11.7. The molecule has 0 saturated carbocycles. The van der Waals surface area contributed by atoms with Crippen LogP contribution in [0.4, 0.5) is 0 Å². The van der Waals surface area contributed by atoms with E-state index in [0.29, 0.717) is 16.3 Å². The van der Waals surface area contributed by atoms with E-state index < -0.39 is 5.97 Å². The quantitative estimate of drug-likeness (QED) is 0.736. The molecule has 0 aromatic heterocycles. The number of hydrogen-bond donors (Lipinski definition) is 1. The summed E-state index contributed by atoms with van der Waals surface area (Å²) in [6.45, 7) is 1.85. The predicted octanol–water partition coefficient (Wildman–Crippen LogP) is 3.99. The zero-order valence-electron chi connectivity index (χ0n) is 13.0. The molecule has 0 aliphatic carbocycles. The van der Waals surface area contributed by atoms with Crippen LogP contribution in [0.5, 0.6) is 5.75 Å². The maximum atomic E-state index is 12.4. The van der Waals surface area contributed by atoms with Gasteiger partial charge in [0.25, 0.3) is 0 Å². The van der Waals surface area contributed by atoms with Crippen molar-refractivity contribution in [2.45, 2.75) is 12.8 Å². The zero-order chi connectivity index (χ0) is 16.5. The van der Waals surface area contributed by atoms with E-state index in [2.05, 4.69) is 5.32 Å². The van der Waals surface area contributed by atoms with Gasteiger partial charge < -0.3 is 5.32 Å². The van der Waals surface area contributed by atoms with E-state index in [1.807, 2.05) is 30.3 Å². The lowest BCUT2D eigenvalue weighted by Gasteiger charge is -2.24. The van der Waals surface area contributed by atoms with Gasteiger partial charge in [0.15, 0.2) is 5.75 Å². The van der Waals surface area contributed by atoms with E-state index in [1.54, 1.807) is 12.1 Å². The topological polar surface area (TPSA) is 47.6 Å². The van der Waals surface area contributed by atoms with E-state index in [9.17, 15) is 4.79 Å². The van der Waals surface area contributed by atoms with Gasteiger partial charge in [0.2, 0.25) is 0 Å². The fourth-order valence-corrected chi connectivity index (χ4v) is 3.45. The highest BCUT2D eigenvalue weighted by molar-refractivity contribution is 6.31. The SMILES string of the molecule is O=C1OOc2ccccc2C(=C2CCNCC2)c2ccc(Cl)cc21. The van der Waals surface area contributed by atoms with Gasteiger partial charge >= 0.3 is 5.97 Å². The molecule has 0 amide bonds. The number of carbonyl (C=O) groups excluding carboxylic acids is 1. The van der Waals surface area contributed by atoms with Crippen molar-refractivity contribution in [3.05, 3.63) is 69.8 Å². The van der Waals surface area contributed by atoms with Crippen LogP contribution in [0.25, 0.3) is 5.57 Å². The average Bonchev–Trinajstić information content (AvgIpc) is 2.62. The highest BCUT2D eigenvalue weighted by Crippen LogP contribution is 2.39. The number of para-hydroxylation sites is 1. The molecule has 2 aliphatic rings. The number of hydrogen-bond acceptors (Lipinski definition) is 4. The number of rotatable bonds is 0. The monoisotopic (exact) mass is 341 g/mol. The van der Waals surface area contributed by atoms with Gasteiger partial charge in [0.05, 0.1) is 5.56 Å². The first kappa shape index (κ1) is 15.2. The third-order valence-electron chi connectivity index (χ3n) is 4.40. The maximum absolute atomic E-state index is 12.4. The fourth-order valence-electron chi connectivity index (χ4n) is 3.28. The summed E-state index contributed by atoms with van der Waals surface area (Å²) in [6.07, 6.45) is 1.86. The Labute approximate surface area is 145 Å². The molecule has 2 aromatic carbocycles. The molecule has 24 heavy (non-hydrogen) atoms. The number of halogens is 1. The lowest BCUT2D eigenvalue weighted by Crippen LogP contribution is -2.24. The van der Waals surface area contributed by atoms with Crippen LogP contribution in [-0.2, 0) is 4.89 Å². The van der Waals surface area contributed by atoms with Crippen molar-refractivity contribution in [3.63, 3.8) is 0 Å². The summed E-state index contributed by atoms with van der Waals surface area (Å²) >= 11 is 6.10. The minimum absolute atomic E-state index is 0.429. The van der Waals surface area contributed by atoms with E-state index in [1.165, 1.54) is 5.57 Å². The van der Waals surface area contributed by atoms with Gasteiger partial charge in [0, 0.05) is 10.6 Å². The molecule has 5 heteroatoms. The van der Waals surface area contributed by atoms with Crippen LogP contribution in [-0.4, -0.2) is 19.1 Å². The normalized spacial score (nSPS) is 17.1. The molecule has 1 N–H and O–H groups in total. The van der Waals surface area contributed by atoms with Crippen molar-refractivity contribution in [1.82, 2.24) is 5.32 Å². The fraction of sp³-hybridized carbons (Fsp3) is 0.211. The molecule has 0 unspecified atom stereocenters. The molecule has 2 heterocycles. The highest BCUT2D eigenvalue weighted by Gasteiger charge is 2.27. The van der Waals surface area contributed by atoms with Gasteiger partial charge in [-0.05, 0) is 55.3 Å². The van der Waals surface area contributed by atoms with E-state index >= 15 is 0 Å². The standard InChI is InChI=1S/C19H16ClNO3/c20-13-5-6-14-16(11-13)19(22)24-23-17-4-2-1-3-15(17)18(14)12-7-9-21-10-8-12/h1-6,11,21H,7-10H2. The molecule has 4 nitrogen and oxygen atoms in total. The van der Waals surface area contributed by atoms with Gasteiger partial charge in [-0.2, -0.15) is 0 Å². The van der Waals surface area contributed by atoms with Crippen molar-refractivity contribution in [2.24, 2.45) is 0 Å². The van der Waals surface area contributed by atoms with E-state index in [0.717, 1.165) is 42.6 Å².